The molecule has 180 valence electrons. The highest BCUT2D eigenvalue weighted by atomic mass is 16.5. The highest BCUT2D eigenvalue weighted by Crippen LogP contribution is 2.59. The van der Waals surface area contributed by atoms with E-state index < -0.39 is 11.8 Å². The Morgan fingerprint density at radius 1 is 0.500 bits per heavy atom. The Kier molecular flexibility index (Phi) is 6.68. The highest BCUT2D eigenvalue weighted by molar-refractivity contribution is 6.07. The number of carbonyl (C=O) groups excluding carboxylic acids is 2. The van der Waals surface area contributed by atoms with Crippen LogP contribution in [-0.4, -0.2) is 25.8 Å². The van der Waals surface area contributed by atoms with E-state index in [1.54, 1.807) is 14.2 Å². The Hall–Kier alpha value is -4.18. The first kappa shape index (κ1) is 23.6. The van der Waals surface area contributed by atoms with Gasteiger partial charge in [-0.25, -0.2) is 0 Å². The molecule has 4 nitrogen and oxygen atoms in total. The summed E-state index contributed by atoms with van der Waals surface area (Å²) in [6.07, 6.45) is 0. The molecule has 5 rings (SSSR count). The molecule has 4 unspecified atom stereocenters. The molecular formula is C32H28O4. The van der Waals surface area contributed by atoms with E-state index >= 15 is 0 Å². The minimum absolute atomic E-state index is 0.00420. The normalized spacial score (nSPS) is 20.7. The van der Waals surface area contributed by atoms with Crippen molar-refractivity contribution < 1.29 is 19.1 Å². The summed E-state index contributed by atoms with van der Waals surface area (Å²) in [5, 5.41) is 0. The lowest BCUT2D eigenvalue weighted by molar-refractivity contribution is 0.0456. The van der Waals surface area contributed by atoms with E-state index in [4.69, 9.17) is 9.47 Å². The maximum Gasteiger partial charge on any atom is 0.167 e. The van der Waals surface area contributed by atoms with Crippen molar-refractivity contribution in [2.24, 2.45) is 11.8 Å². The Morgan fingerprint density at radius 2 is 0.833 bits per heavy atom. The van der Waals surface area contributed by atoms with Crippen LogP contribution in [0.25, 0.3) is 0 Å². The Bertz CT molecular complexity index is 1220. The standard InChI is InChI=1S/C32H28O4/c1-35-25-17-13-21(14-18-25)27-28(22-15-19-26(36-2)20-16-22)30(32(34)24-11-7-4-8-12-24)29(27)31(33)23-9-5-3-6-10-23/h3-20,27-30H,1-2H3. The van der Waals surface area contributed by atoms with Crippen molar-refractivity contribution in [3.63, 3.8) is 0 Å². The first-order valence-corrected chi connectivity index (χ1v) is 12.1. The van der Waals surface area contributed by atoms with Crippen LogP contribution in [0.4, 0.5) is 0 Å². The summed E-state index contributed by atoms with van der Waals surface area (Å²) in [6, 6.07) is 34.3. The van der Waals surface area contributed by atoms with Gasteiger partial charge < -0.3 is 9.47 Å². The zero-order chi connectivity index (χ0) is 25.1. The van der Waals surface area contributed by atoms with Crippen LogP contribution in [0.5, 0.6) is 11.5 Å². The lowest BCUT2D eigenvalue weighted by Gasteiger charge is -2.51. The second-order valence-electron chi connectivity index (χ2n) is 9.11. The van der Waals surface area contributed by atoms with E-state index in [1.165, 1.54) is 0 Å². The number of carbonyl (C=O) groups is 2. The molecule has 4 aromatic carbocycles. The molecular weight excluding hydrogens is 448 g/mol. The summed E-state index contributed by atoms with van der Waals surface area (Å²) in [4.78, 5) is 27.9. The molecule has 0 bridgehead atoms. The third-order valence-electron chi connectivity index (χ3n) is 7.27. The second kappa shape index (κ2) is 10.2. The van der Waals surface area contributed by atoms with Crippen molar-refractivity contribution >= 4 is 11.6 Å². The van der Waals surface area contributed by atoms with Gasteiger partial charge in [-0.1, -0.05) is 84.9 Å². The van der Waals surface area contributed by atoms with E-state index in [2.05, 4.69) is 0 Å². The number of methoxy groups -OCH3 is 2. The fourth-order valence-electron chi connectivity index (χ4n) is 5.47. The van der Waals surface area contributed by atoms with Crippen LogP contribution in [0, 0.1) is 11.8 Å². The number of ether oxygens (including phenoxy) is 2. The smallest absolute Gasteiger partial charge is 0.167 e. The zero-order valence-corrected chi connectivity index (χ0v) is 20.3. The van der Waals surface area contributed by atoms with Gasteiger partial charge in [0.1, 0.15) is 11.5 Å². The predicted octanol–water partition coefficient (Wildman–Crippen LogP) is 6.58. The van der Waals surface area contributed by atoms with Gasteiger partial charge in [0.2, 0.25) is 0 Å². The average molecular weight is 477 g/mol. The molecule has 0 aromatic heterocycles. The number of ketones is 2. The number of hydrogen-bond acceptors (Lipinski definition) is 4. The molecule has 0 spiro atoms. The molecule has 4 atom stereocenters. The zero-order valence-electron chi connectivity index (χ0n) is 20.3. The van der Waals surface area contributed by atoms with Crippen molar-refractivity contribution in [3.05, 3.63) is 131 Å². The van der Waals surface area contributed by atoms with Crippen LogP contribution >= 0.6 is 0 Å². The molecule has 4 aromatic rings. The average Bonchev–Trinajstić information content (AvgIpc) is 2.94. The van der Waals surface area contributed by atoms with Crippen LogP contribution in [0.3, 0.4) is 0 Å². The number of rotatable bonds is 8. The van der Waals surface area contributed by atoms with Gasteiger partial charge in [-0.3, -0.25) is 9.59 Å². The van der Waals surface area contributed by atoms with Gasteiger partial charge in [0.15, 0.2) is 11.6 Å². The lowest BCUT2D eigenvalue weighted by atomic mass is 9.49. The summed E-state index contributed by atoms with van der Waals surface area (Å²) >= 11 is 0. The molecule has 0 N–H and O–H groups in total. The molecule has 0 aliphatic heterocycles. The molecule has 0 heterocycles. The summed E-state index contributed by atoms with van der Waals surface area (Å²) in [5.41, 5.74) is 3.28. The SMILES string of the molecule is COc1ccc(C2C(C(=O)c3ccccc3)C(C(=O)c3ccccc3)C2c2ccc(OC)cc2)cc1. The Morgan fingerprint density at radius 3 is 1.14 bits per heavy atom. The van der Waals surface area contributed by atoms with E-state index in [0.29, 0.717) is 11.1 Å². The van der Waals surface area contributed by atoms with Gasteiger partial charge in [-0.05, 0) is 35.4 Å². The quantitative estimate of drug-likeness (QED) is 0.270. The maximum absolute atomic E-state index is 14.0. The summed E-state index contributed by atoms with van der Waals surface area (Å²) in [5.74, 6) is 0.209. The minimum Gasteiger partial charge on any atom is -0.497 e. The van der Waals surface area contributed by atoms with Crippen LogP contribution < -0.4 is 9.47 Å². The first-order valence-electron chi connectivity index (χ1n) is 12.1. The molecule has 1 fully saturated rings. The third kappa shape index (κ3) is 4.31. The van der Waals surface area contributed by atoms with E-state index in [1.807, 2.05) is 109 Å². The summed E-state index contributed by atoms with van der Waals surface area (Å²) in [6.45, 7) is 0. The molecule has 36 heavy (non-hydrogen) atoms. The first-order chi connectivity index (χ1) is 17.6. The second-order valence-corrected chi connectivity index (χ2v) is 9.11. The van der Waals surface area contributed by atoms with Crippen LogP contribution in [-0.2, 0) is 0 Å². The van der Waals surface area contributed by atoms with Crippen molar-refractivity contribution in [2.45, 2.75) is 11.8 Å². The van der Waals surface area contributed by atoms with Crippen LogP contribution in [0.15, 0.2) is 109 Å². The van der Waals surface area contributed by atoms with Gasteiger partial charge in [0, 0.05) is 34.8 Å². The van der Waals surface area contributed by atoms with Gasteiger partial charge in [0.05, 0.1) is 14.2 Å². The summed E-state index contributed by atoms with van der Waals surface area (Å²) < 4.78 is 10.7. The van der Waals surface area contributed by atoms with Gasteiger partial charge in [0.25, 0.3) is 0 Å². The lowest BCUT2D eigenvalue weighted by Crippen LogP contribution is -2.51. The third-order valence-corrected chi connectivity index (χ3v) is 7.27. The number of benzene rings is 4. The highest BCUT2D eigenvalue weighted by Gasteiger charge is 2.57. The van der Waals surface area contributed by atoms with Gasteiger partial charge >= 0.3 is 0 Å². The Labute approximate surface area is 211 Å². The van der Waals surface area contributed by atoms with Crippen molar-refractivity contribution in [3.8, 4) is 11.5 Å². The number of Topliss-reactive ketones (excluding diaryl/α,β-unsaturated/α-hetero) is 2. The molecule has 0 saturated heterocycles. The fourth-order valence-corrected chi connectivity index (χ4v) is 5.47. The summed E-state index contributed by atoms with van der Waals surface area (Å²) in [7, 11) is 3.27. The molecule has 1 aliphatic rings. The molecule has 4 heteroatoms. The monoisotopic (exact) mass is 476 g/mol. The van der Waals surface area contributed by atoms with Gasteiger partial charge in [-0.15, -0.1) is 0 Å². The Balaban J connectivity index is 1.64. The van der Waals surface area contributed by atoms with Crippen LogP contribution in [0.1, 0.15) is 43.7 Å². The largest absolute Gasteiger partial charge is 0.497 e. The topological polar surface area (TPSA) is 52.6 Å². The molecule has 1 saturated carbocycles. The van der Waals surface area contributed by atoms with Gasteiger partial charge in [-0.2, -0.15) is 0 Å². The maximum atomic E-state index is 14.0. The molecule has 1 aliphatic carbocycles. The molecule has 0 radical (unpaired) electrons. The predicted molar refractivity (Wildman–Crippen MR) is 140 cm³/mol. The van der Waals surface area contributed by atoms with E-state index in [9.17, 15) is 9.59 Å². The van der Waals surface area contributed by atoms with Crippen molar-refractivity contribution in [2.75, 3.05) is 14.2 Å². The van der Waals surface area contributed by atoms with E-state index in [0.717, 1.165) is 22.6 Å². The van der Waals surface area contributed by atoms with Crippen molar-refractivity contribution in [1.82, 2.24) is 0 Å². The number of hydrogen-bond donors (Lipinski definition) is 0. The van der Waals surface area contributed by atoms with Crippen molar-refractivity contribution in [1.29, 1.82) is 0 Å². The van der Waals surface area contributed by atoms with Crippen LogP contribution in [0.2, 0.25) is 0 Å². The molecule has 0 amide bonds. The van der Waals surface area contributed by atoms with E-state index in [-0.39, 0.29) is 23.4 Å². The minimum atomic E-state index is -0.486. The fraction of sp³-hybridized carbons (Fsp3) is 0.188.